The number of ether oxygens (including phenoxy) is 1. The van der Waals surface area contributed by atoms with E-state index in [4.69, 9.17) is 4.74 Å². The highest BCUT2D eigenvalue weighted by Crippen LogP contribution is 2.40. The van der Waals surface area contributed by atoms with Gasteiger partial charge in [-0.2, -0.15) is 0 Å². The van der Waals surface area contributed by atoms with E-state index in [1.807, 2.05) is 18.4 Å². The van der Waals surface area contributed by atoms with Crippen LogP contribution in [0.15, 0.2) is 22.5 Å². The number of nitrogens with zero attached hydrogens (tertiary/aromatic N) is 1. The maximum Gasteiger partial charge on any atom is 0.191 e. The van der Waals surface area contributed by atoms with Crippen molar-refractivity contribution in [3.63, 3.8) is 0 Å². The van der Waals surface area contributed by atoms with Gasteiger partial charge in [-0.25, -0.2) is 0 Å². The summed E-state index contributed by atoms with van der Waals surface area (Å²) in [6.45, 7) is 2.77. The van der Waals surface area contributed by atoms with Crippen molar-refractivity contribution < 1.29 is 4.74 Å². The first-order valence-electron chi connectivity index (χ1n) is 8.24. The zero-order chi connectivity index (χ0) is 15.7. The molecule has 2 N–H and O–H groups in total. The first-order valence-corrected chi connectivity index (χ1v) is 9.12. The Hall–Kier alpha value is -0.340. The zero-order valence-electron chi connectivity index (χ0n) is 14.3. The molecule has 1 saturated carbocycles. The van der Waals surface area contributed by atoms with Crippen molar-refractivity contribution in [3.05, 3.63) is 22.4 Å². The minimum atomic E-state index is 0. The molecule has 1 aromatic heterocycles. The molecule has 0 aromatic carbocycles. The summed E-state index contributed by atoms with van der Waals surface area (Å²) in [5.41, 5.74) is 0.390. The van der Waals surface area contributed by atoms with Crippen LogP contribution in [0.1, 0.15) is 37.0 Å². The van der Waals surface area contributed by atoms with E-state index < -0.39 is 0 Å². The molecule has 0 radical (unpaired) electrons. The summed E-state index contributed by atoms with van der Waals surface area (Å²) in [4.78, 5) is 5.76. The fourth-order valence-electron chi connectivity index (χ4n) is 3.21. The third-order valence-electron chi connectivity index (χ3n) is 4.60. The Kier molecular flexibility index (Phi) is 10.1. The normalized spacial score (nSPS) is 16.9. The molecule has 0 aliphatic heterocycles. The molecule has 0 amide bonds. The van der Waals surface area contributed by atoms with Gasteiger partial charge in [0, 0.05) is 38.7 Å². The second kappa shape index (κ2) is 11.3. The molecule has 0 unspecified atom stereocenters. The fraction of sp³-hybridized carbons (Fsp3) is 0.706. The Labute approximate surface area is 161 Å². The molecular formula is C17H30IN3OS. The molecular weight excluding hydrogens is 421 g/mol. The second-order valence-electron chi connectivity index (χ2n) is 6.13. The highest BCUT2D eigenvalue weighted by Gasteiger charge is 2.33. The molecule has 1 fully saturated rings. The predicted molar refractivity (Wildman–Crippen MR) is 110 cm³/mol. The van der Waals surface area contributed by atoms with Crippen LogP contribution in [0.25, 0.3) is 0 Å². The number of hydrogen-bond acceptors (Lipinski definition) is 3. The Morgan fingerprint density at radius 1 is 1.35 bits per heavy atom. The molecule has 1 aliphatic rings. The maximum absolute atomic E-state index is 5.30. The van der Waals surface area contributed by atoms with E-state index in [2.05, 4.69) is 33.1 Å². The van der Waals surface area contributed by atoms with Crippen molar-refractivity contribution in [2.24, 2.45) is 10.4 Å². The van der Waals surface area contributed by atoms with Crippen molar-refractivity contribution >= 4 is 41.3 Å². The van der Waals surface area contributed by atoms with Gasteiger partial charge in [-0.05, 0) is 42.5 Å². The van der Waals surface area contributed by atoms with Gasteiger partial charge in [-0.15, -0.1) is 35.3 Å². The molecule has 23 heavy (non-hydrogen) atoms. The number of aliphatic imine (C=N–C) groups is 1. The van der Waals surface area contributed by atoms with Crippen molar-refractivity contribution in [2.75, 3.05) is 33.9 Å². The fourth-order valence-corrected chi connectivity index (χ4v) is 3.92. The Morgan fingerprint density at radius 3 is 2.74 bits per heavy atom. The van der Waals surface area contributed by atoms with Crippen LogP contribution < -0.4 is 10.6 Å². The monoisotopic (exact) mass is 451 g/mol. The van der Waals surface area contributed by atoms with E-state index in [0.717, 1.165) is 38.5 Å². The lowest BCUT2D eigenvalue weighted by Crippen LogP contribution is -2.43. The smallest absolute Gasteiger partial charge is 0.191 e. The van der Waals surface area contributed by atoms with E-state index in [1.54, 1.807) is 7.11 Å². The largest absolute Gasteiger partial charge is 0.385 e. The van der Waals surface area contributed by atoms with Crippen LogP contribution in [0.4, 0.5) is 0 Å². The summed E-state index contributed by atoms with van der Waals surface area (Å²) in [6, 6.07) is 4.29. The van der Waals surface area contributed by atoms with Crippen molar-refractivity contribution in [1.82, 2.24) is 10.6 Å². The van der Waals surface area contributed by atoms with Gasteiger partial charge in [0.15, 0.2) is 5.96 Å². The number of hydrogen-bond donors (Lipinski definition) is 2. The SMILES string of the molecule is CN=C(NCCc1cccs1)NCC1(CCOC)CCCC1.I. The average molecular weight is 451 g/mol. The molecule has 1 aromatic rings. The third-order valence-corrected chi connectivity index (χ3v) is 5.54. The Morgan fingerprint density at radius 2 is 2.13 bits per heavy atom. The maximum atomic E-state index is 5.30. The highest BCUT2D eigenvalue weighted by molar-refractivity contribution is 14.0. The van der Waals surface area contributed by atoms with Crippen LogP contribution in [0.5, 0.6) is 0 Å². The number of guanidine groups is 1. The molecule has 4 nitrogen and oxygen atoms in total. The Balaban J connectivity index is 0.00000264. The van der Waals surface area contributed by atoms with Gasteiger partial charge < -0.3 is 15.4 Å². The van der Waals surface area contributed by atoms with E-state index in [9.17, 15) is 0 Å². The lowest BCUT2D eigenvalue weighted by molar-refractivity contribution is 0.138. The van der Waals surface area contributed by atoms with E-state index in [-0.39, 0.29) is 24.0 Å². The van der Waals surface area contributed by atoms with E-state index in [1.165, 1.54) is 30.6 Å². The first kappa shape index (κ1) is 20.7. The van der Waals surface area contributed by atoms with Crippen LogP contribution >= 0.6 is 35.3 Å². The second-order valence-corrected chi connectivity index (χ2v) is 7.16. The molecule has 1 aliphatic carbocycles. The molecule has 0 bridgehead atoms. The molecule has 2 rings (SSSR count). The van der Waals surface area contributed by atoms with Gasteiger partial charge in [-0.1, -0.05) is 18.9 Å². The number of rotatable bonds is 8. The minimum Gasteiger partial charge on any atom is -0.385 e. The number of nitrogens with one attached hydrogen (secondary N) is 2. The minimum absolute atomic E-state index is 0. The van der Waals surface area contributed by atoms with Gasteiger partial charge in [0.1, 0.15) is 0 Å². The lowest BCUT2D eigenvalue weighted by Gasteiger charge is -2.29. The average Bonchev–Trinajstić information content (AvgIpc) is 3.21. The van der Waals surface area contributed by atoms with Crippen LogP contribution in [-0.4, -0.2) is 39.8 Å². The molecule has 132 valence electrons. The summed E-state index contributed by atoms with van der Waals surface area (Å²) in [5.74, 6) is 0.917. The number of methoxy groups -OCH3 is 1. The van der Waals surface area contributed by atoms with Gasteiger partial charge in [0.05, 0.1) is 0 Å². The molecule has 1 heterocycles. The molecule has 0 atom stereocenters. The van der Waals surface area contributed by atoms with Gasteiger partial charge in [0.25, 0.3) is 0 Å². The lowest BCUT2D eigenvalue weighted by atomic mass is 9.83. The van der Waals surface area contributed by atoms with Crippen molar-refractivity contribution in [2.45, 2.75) is 38.5 Å². The van der Waals surface area contributed by atoms with Gasteiger partial charge in [0.2, 0.25) is 0 Å². The number of halogens is 1. The van der Waals surface area contributed by atoms with Crippen molar-refractivity contribution in [1.29, 1.82) is 0 Å². The summed E-state index contributed by atoms with van der Waals surface area (Å²) >= 11 is 1.81. The highest BCUT2D eigenvalue weighted by atomic mass is 127. The third kappa shape index (κ3) is 6.97. The quantitative estimate of drug-likeness (QED) is 0.360. The summed E-state index contributed by atoms with van der Waals surface area (Å²) in [7, 11) is 3.64. The van der Waals surface area contributed by atoms with E-state index >= 15 is 0 Å². The van der Waals surface area contributed by atoms with Crippen LogP contribution in [0.2, 0.25) is 0 Å². The summed E-state index contributed by atoms with van der Waals surface area (Å²) in [6.07, 6.45) is 7.48. The molecule has 0 spiro atoms. The summed E-state index contributed by atoms with van der Waals surface area (Å²) < 4.78 is 5.30. The molecule has 0 saturated heterocycles. The molecule has 6 heteroatoms. The summed E-state index contributed by atoms with van der Waals surface area (Å²) in [5, 5.41) is 9.07. The zero-order valence-corrected chi connectivity index (χ0v) is 17.4. The first-order chi connectivity index (χ1) is 10.8. The van der Waals surface area contributed by atoms with Gasteiger partial charge >= 0.3 is 0 Å². The topological polar surface area (TPSA) is 45.7 Å². The van der Waals surface area contributed by atoms with Crippen LogP contribution in [-0.2, 0) is 11.2 Å². The Bertz CT molecular complexity index is 445. The van der Waals surface area contributed by atoms with E-state index in [0.29, 0.717) is 5.41 Å². The standard InChI is InChI=1S/C17H29N3OS.HI/c1-18-16(19-11-7-15-6-5-13-22-15)20-14-17(10-12-21-2)8-3-4-9-17;/h5-6,13H,3-4,7-12,14H2,1-2H3,(H2,18,19,20);1H. The van der Waals surface area contributed by atoms with Crippen LogP contribution in [0.3, 0.4) is 0 Å². The van der Waals surface area contributed by atoms with Crippen molar-refractivity contribution in [3.8, 4) is 0 Å². The van der Waals surface area contributed by atoms with Gasteiger partial charge in [-0.3, -0.25) is 4.99 Å². The predicted octanol–water partition coefficient (Wildman–Crippen LogP) is 3.67. The van der Waals surface area contributed by atoms with Crippen LogP contribution in [0, 0.1) is 5.41 Å². The number of thiophene rings is 1.